The molecular weight excluding hydrogens is 328 g/mol. The van der Waals surface area contributed by atoms with Crippen LogP contribution < -0.4 is 14.8 Å². The van der Waals surface area contributed by atoms with E-state index in [0.29, 0.717) is 22.7 Å². The molecule has 0 radical (unpaired) electrons. The topological polar surface area (TPSA) is 71.3 Å². The molecule has 0 saturated heterocycles. The number of benzene rings is 2. The molecule has 0 aromatic heterocycles. The highest BCUT2D eigenvalue weighted by atomic mass is 16.5. The number of methoxy groups -OCH3 is 1. The second-order valence-electron chi connectivity index (χ2n) is 6.04. The predicted molar refractivity (Wildman–Crippen MR) is 102 cm³/mol. The summed E-state index contributed by atoms with van der Waals surface area (Å²) in [5, 5.41) is 12.2. The van der Waals surface area contributed by atoms with Crippen LogP contribution in [0.3, 0.4) is 0 Å². The van der Waals surface area contributed by atoms with Crippen molar-refractivity contribution in [3.8, 4) is 17.6 Å². The van der Waals surface area contributed by atoms with Gasteiger partial charge in [-0.2, -0.15) is 5.26 Å². The number of amides is 1. The monoisotopic (exact) mass is 350 g/mol. The Morgan fingerprint density at radius 3 is 2.46 bits per heavy atom. The van der Waals surface area contributed by atoms with Crippen molar-refractivity contribution in [2.75, 3.05) is 12.4 Å². The van der Waals surface area contributed by atoms with E-state index in [4.69, 9.17) is 9.47 Å². The standard InChI is InChI=1S/C21H22N2O3/c1-14(2)26-20-16(6-5-7-19(20)25-4)12-17(13-22)21(24)23-18-10-8-15(3)9-11-18/h5-12,14H,1-4H3,(H,23,24). The van der Waals surface area contributed by atoms with Crippen LogP contribution >= 0.6 is 0 Å². The van der Waals surface area contributed by atoms with E-state index in [1.807, 2.05) is 39.0 Å². The van der Waals surface area contributed by atoms with Gasteiger partial charge in [0, 0.05) is 11.3 Å². The van der Waals surface area contributed by atoms with E-state index in [2.05, 4.69) is 5.32 Å². The van der Waals surface area contributed by atoms with E-state index in [1.54, 1.807) is 37.4 Å². The summed E-state index contributed by atoms with van der Waals surface area (Å²) in [7, 11) is 1.55. The lowest BCUT2D eigenvalue weighted by molar-refractivity contribution is -0.112. The first-order valence-electron chi connectivity index (χ1n) is 8.28. The lowest BCUT2D eigenvalue weighted by atomic mass is 10.1. The number of aryl methyl sites for hydroxylation is 1. The lowest BCUT2D eigenvalue weighted by Crippen LogP contribution is -2.13. The van der Waals surface area contributed by atoms with Crippen molar-refractivity contribution >= 4 is 17.7 Å². The van der Waals surface area contributed by atoms with Crippen molar-refractivity contribution in [2.45, 2.75) is 26.9 Å². The van der Waals surface area contributed by atoms with Crippen LogP contribution in [0.25, 0.3) is 6.08 Å². The zero-order valence-corrected chi connectivity index (χ0v) is 15.4. The van der Waals surface area contributed by atoms with Gasteiger partial charge in [-0.25, -0.2) is 0 Å². The van der Waals surface area contributed by atoms with Crippen LogP contribution in [0.4, 0.5) is 5.69 Å². The molecule has 0 heterocycles. The molecule has 0 aliphatic carbocycles. The molecule has 0 aliphatic heterocycles. The minimum atomic E-state index is -0.477. The third-order valence-corrected chi connectivity index (χ3v) is 3.56. The van der Waals surface area contributed by atoms with Gasteiger partial charge in [0.1, 0.15) is 11.6 Å². The summed E-state index contributed by atoms with van der Waals surface area (Å²) in [6, 6.07) is 14.6. The van der Waals surface area contributed by atoms with Gasteiger partial charge < -0.3 is 14.8 Å². The van der Waals surface area contributed by atoms with Crippen molar-refractivity contribution in [1.82, 2.24) is 0 Å². The van der Waals surface area contributed by atoms with E-state index in [1.165, 1.54) is 6.08 Å². The third-order valence-electron chi connectivity index (χ3n) is 3.56. The highest BCUT2D eigenvalue weighted by Crippen LogP contribution is 2.33. The number of carbonyl (C=O) groups excluding carboxylic acids is 1. The van der Waals surface area contributed by atoms with Crippen molar-refractivity contribution in [3.05, 3.63) is 59.2 Å². The maximum absolute atomic E-state index is 12.4. The molecule has 2 rings (SSSR count). The van der Waals surface area contributed by atoms with Gasteiger partial charge in [0.2, 0.25) is 0 Å². The Balaban J connectivity index is 2.34. The molecule has 0 unspecified atom stereocenters. The molecule has 5 heteroatoms. The molecule has 26 heavy (non-hydrogen) atoms. The average molecular weight is 350 g/mol. The number of hydrogen-bond donors (Lipinski definition) is 1. The molecule has 0 aliphatic rings. The number of carbonyl (C=O) groups is 1. The number of hydrogen-bond acceptors (Lipinski definition) is 4. The highest BCUT2D eigenvalue weighted by Gasteiger charge is 2.15. The highest BCUT2D eigenvalue weighted by molar-refractivity contribution is 6.09. The molecule has 0 bridgehead atoms. The second kappa shape index (κ2) is 8.72. The normalized spacial score (nSPS) is 11.0. The van der Waals surface area contributed by atoms with Gasteiger partial charge in [0.05, 0.1) is 13.2 Å². The van der Waals surface area contributed by atoms with Crippen LogP contribution in [-0.4, -0.2) is 19.1 Å². The molecule has 0 fully saturated rings. The Labute approximate surface area is 153 Å². The average Bonchev–Trinajstić information content (AvgIpc) is 2.62. The van der Waals surface area contributed by atoms with Crippen LogP contribution in [0.2, 0.25) is 0 Å². The number of anilines is 1. The fraction of sp³-hybridized carbons (Fsp3) is 0.238. The number of ether oxygens (including phenoxy) is 2. The number of nitrogens with zero attached hydrogens (tertiary/aromatic N) is 1. The summed E-state index contributed by atoms with van der Waals surface area (Å²) in [6.07, 6.45) is 1.43. The van der Waals surface area contributed by atoms with Crippen molar-refractivity contribution in [1.29, 1.82) is 5.26 Å². The van der Waals surface area contributed by atoms with Gasteiger partial charge in [-0.1, -0.05) is 29.8 Å². The van der Waals surface area contributed by atoms with Gasteiger partial charge in [-0.05, 0) is 45.0 Å². The van der Waals surface area contributed by atoms with Gasteiger partial charge >= 0.3 is 0 Å². The number of rotatable bonds is 6. The Kier molecular flexibility index (Phi) is 6.40. The van der Waals surface area contributed by atoms with Crippen LogP contribution in [0, 0.1) is 18.3 Å². The Hall–Kier alpha value is -3.26. The van der Waals surface area contributed by atoms with Gasteiger partial charge in [-0.15, -0.1) is 0 Å². The van der Waals surface area contributed by atoms with E-state index in [9.17, 15) is 10.1 Å². The summed E-state index contributed by atoms with van der Waals surface area (Å²) >= 11 is 0. The quantitative estimate of drug-likeness (QED) is 0.621. The predicted octanol–water partition coefficient (Wildman–Crippen LogP) is 4.34. The molecule has 1 amide bonds. The molecule has 0 spiro atoms. The van der Waals surface area contributed by atoms with Crippen molar-refractivity contribution in [3.63, 3.8) is 0 Å². The number of nitriles is 1. The SMILES string of the molecule is COc1cccc(C=C(C#N)C(=O)Nc2ccc(C)cc2)c1OC(C)C. The minimum Gasteiger partial charge on any atom is -0.493 e. The smallest absolute Gasteiger partial charge is 0.266 e. The molecular formula is C21H22N2O3. The van der Waals surface area contributed by atoms with Gasteiger partial charge in [0.15, 0.2) is 11.5 Å². The largest absolute Gasteiger partial charge is 0.493 e. The molecule has 0 atom stereocenters. The molecule has 1 N–H and O–H groups in total. The van der Waals surface area contributed by atoms with E-state index in [0.717, 1.165) is 5.56 Å². The zero-order chi connectivity index (χ0) is 19.1. The Morgan fingerprint density at radius 2 is 1.88 bits per heavy atom. The molecule has 5 nitrogen and oxygen atoms in total. The molecule has 134 valence electrons. The molecule has 0 saturated carbocycles. The molecule has 2 aromatic carbocycles. The fourth-order valence-corrected chi connectivity index (χ4v) is 2.31. The van der Waals surface area contributed by atoms with Crippen LogP contribution in [0.15, 0.2) is 48.0 Å². The first-order valence-corrected chi connectivity index (χ1v) is 8.28. The summed E-state index contributed by atoms with van der Waals surface area (Å²) in [6.45, 7) is 5.76. The van der Waals surface area contributed by atoms with E-state index < -0.39 is 5.91 Å². The van der Waals surface area contributed by atoms with Gasteiger partial charge in [-0.3, -0.25) is 4.79 Å². The summed E-state index contributed by atoms with van der Waals surface area (Å²) in [4.78, 5) is 12.4. The number of nitrogens with one attached hydrogen (secondary N) is 1. The van der Waals surface area contributed by atoms with E-state index >= 15 is 0 Å². The van der Waals surface area contributed by atoms with Crippen LogP contribution in [0.5, 0.6) is 11.5 Å². The van der Waals surface area contributed by atoms with Gasteiger partial charge in [0.25, 0.3) is 5.91 Å². The Bertz CT molecular complexity index is 847. The minimum absolute atomic E-state index is 0.0209. The Morgan fingerprint density at radius 1 is 1.19 bits per heavy atom. The van der Waals surface area contributed by atoms with Crippen molar-refractivity contribution in [2.24, 2.45) is 0 Å². The van der Waals surface area contributed by atoms with E-state index in [-0.39, 0.29) is 11.7 Å². The van der Waals surface area contributed by atoms with Crippen molar-refractivity contribution < 1.29 is 14.3 Å². The summed E-state index contributed by atoms with van der Waals surface area (Å²) in [5.74, 6) is 0.569. The maximum atomic E-state index is 12.4. The lowest BCUT2D eigenvalue weighted by Gasteiger charge is -2.16. The first-order chi connectivity index (χ1) is 12.4. The summed E-state index contributed by atoms with van der Waals surface area (Å²) < 4.78 is 11.1. The van der Waals surface area contributed by atoms with Crippen LogP contribution in [-0.2, 0) is 4.79 Å². The third kappa shape index (κ3) is 4.87. The zero-order valence-electron chi connectivity index (χ0n) is 15.4. The summed E-state index contributed by atoms with van der Waals surface area (Å²) in [5.41, 5.74) is 2.30. The maximum Gasteiger partial charge on any atom is 0.266 e. The van der Waals surface area contributed by atoms with Crippen LogP contribution in [0.1, 0.15) is 25.0 Å². The fourth-order valence-electron chi connectivity index (χ4n) is 2.31. The number of para-hydroxylation sites is 1. The molecule has 2 aromatic rings. The second-order valence-corrected chi connectivity index (χ2v) is 6.04. The first kappa shape index (κ1) is 19.1.